The quantitative estimate of drug-likeness (QED) is 0.818. The number of hydrogen-bond donors (Lipinski definition) is 1. The number of aryl methyl sites for hydroxylation is 2. The number of amidine groups is 2. The second-order valence-corrected chi connectivity index (χ2v) is 7.50. The Balaban J connectivity index is 1.75. The Hall–Kier alpha value is -2.93. The topological polar surface area (TPSA) is 73.8 Å². The molecule has 2 aromatic rings. The van der Waals surface area contributed by atoms with Crippen LogP contribution in [0.1, 0.15) is 30.2 Å². The lowest BCUT2D eigenvalue weighted by molar-refractivity contribution is -0.114. The van der Waals surface area contributed by atoms with Crippen LogP contribution in [0.2, 0.25) is 0 Å². The van der Waals surface area contributed by atoms with Crippen molar-refractivity contribution < 1.29 is 4.79 Å². The van der Waals surface area contributed by atoms with Crippen molar-refractivity contribution in [3.05, 3.63) is 58.9 Å². The van der Waals surface area contributed by atoms with Gasteiger partial charge in [-0.25, -0.2) is 0 Å². The summed E-state index contributed by atoms with van der Waals surface area (Å²) < 4.78 is 2.01. The fraction of sp³-hybridized carbons (Fsp3) is 0.200. The highest BCUT2D eigenvalue weighted by atomic mass is 32.2. The SMILES string of the molecule is CCC1=NN2C(=N)/C(=C\c3cccn3-c3ccc(C)cc3C)C(=O)N=C2S1. The van der Waals surface area contributed by atoms with E-state index in [-0.39, 0.29) is 11.4 Å². The third-order valence-corrected chi connectivity index (χ3v) is 5.54. The zero-order valence-corrected chi connectivity index (χ0v) is 16.2. The first-order valence-corrected chi connectivity index (χ1v) is 9.53. The molecule has 0 atom stereocenters. The fourth-order valence-corrected chi connectivity index (χ4v) is 3.95. The molecular weight excluding hydrogens is 358 g/mol. The van der Waals surface area contributed by atoms with Crippen molar-refractivity contribution in [1.29, 1.82) is 5.41 Å². The molecular formula is C20H19N5OS. The summed E-state index contributed by atoms with van der Waals surface area (Å²) in [5.41, 5.74) is 4.44. The third-order valence-electron chi connectivity index (χ3n) is 4.48. The minimum absolute atomic E-state index is 0.0642. The van der Waals surface area contributed by atoms with E-state index in [0.717, 1.165) is 28.4 Å². The maximum Gasteiger partial charge on any atom is 0.283 e. The molecule has 0 saturated heterocycles. The molecule has 0 unspecified atom stereocenters. The number of fused-ring (bicyclic) bond motifs is 1. The number of aliphatic imine (C=N–C) groups is 1. The molecule has 0 bridgehead atoms. The molecule has 1 N–H and O–H groups in total. The molecule has 136 valence electrons. The van der Waals surface area contributed by atoms with E-state index in [0.29, 0.717) is 5.17 Å². The van der Waals surface area contributed by atoms with E-state index in [1.807, 2.05) is 29.8 Å². The van der Waals surface area contributed by atoms with E-state index >= 15 is 0 Å². The minimum Gasteiger partial charge on any atom is -0.317 e. The molecule has 1 aromatic heterocycles. The van der Waals surface area contributed by atoms with Crippen LogP contribution in [0.5, 0.6) is 0 Å². The van der Waals surface area contributed by atoms with Gasteiger partial charge >= 0.3 is 0 Å². The molecule has 0 aliphatic carbocycles. The van der Waals surface area contributed by atoms with E-state index in [4.69, 9.17) is 5.41 Å². The number of nitrogens with zero attached hydrogens (tertiary/aromatic N) is 4. The predicted molar refractivity (Wildman–Crippen MR) is 111 cm³/mol. The van der Waals surface area contributed by atoms with Gasteiger partial charge in [0.05, 0.1) is 5.57 Å². The maximum absolute atomic E-state index is 12.5. The van der Waals surface area contributed by atoms with Crippen molar-refractivity contribution >= 4 is 39.8 Å². The molecule has 1 aromatic carbocycles. The first kappa shape index (κ1) is 17.5. The number of hydrazone groups is 1. The van der Waals surface area contributed by atoms with Crippen molar-refractivity contribution in [1.82, 2.24) is 9.58 Å². The Bertz CT molecular complexity index is 1060. The number of nitrogens with one attached hydrogen (secondary N) is 1. The molecule has 0 saturated carbocycles. The summed E-state index contributed by atoms with van der Waals surface area (Å²) in [6.07, 6.45) is 4.42. The molecule has 3 heterocycles. The van der Waals surface area contributed by atoms with Gasteiger partial charge in [0.2, 0.25) is 5.17 Å². The van der Waals surface area contributed by atoms with Crippen molar-refractivity contribution in [2.45, 2.75) is 27.2 Å². The molecule has 0 radical (unpaired) electrons. The molecule has 0 fully saturated rings. The Morgan fingerprint density at radius 3 is 2.81 bits per heavy atom. The fourth-order valence-electron chi connectivity index (χ4n) is 3.13. The Morgan fingerprint density at radius 1 is 1.26 bits per heavy atom. The van der Waals surface area contributed by atoms with E-state index < -0.39 is 5.91 Å². The van der Waals surface area contributed by atoms with Crippen LogP contribution in [0.3, 0.4) is 0 Å². The minimum atomic E-state index is -0.403. The number of carbonyl (C=O) groups is 1. The molecule has 2 aliphatic rings. The zero-order chi connectivity index (χ0) is 19.1. The molecule has 2 aliphatic heterocycles. The van der Waals surface area contributed by atoms with Crippen LogP contribution in [0.25, 0.3) is 11.8 Å². The molecule has 6 nitrogen and oxygen atoms in total. The van der Waals surface area contributed by atoms with Gasteiger partial charge in [0, 0.05) is 17.6 Å². The van der Waals surface area contributed by atoms with Crippen molar-refractivity contribution in [2.24, 2.45) is 10.1 Å². The Morgan fingerprint density at radius 2 is 2.07 bits per heavy atom. The summed E-state index contributed by atoms with van der Waals surface area (Å²) in [5, 5.41) is 15.6. The summed E-state index contributed by atoms with van der Waals surface area (Å²) in [4.78, 5) is 16.7. The molecule has 27 heavy (non-hydrogen) atoms. The number of thioether (sulfide) groups is 1. The Kier molecular flexibility index (Phi) is 4.31. The molecule has 0 spiro atoms. The summed E-state index contributed by atoms with van der Waals surface area (Å²) in [7, 11) is 0. The van der Waals surface area contributed by atoms with Crippen LogP contribution in [0.4, 0.5) is 0 Å². The van der Waals surface area contributed by atoms with Crippen molar-refractivity contribution in [2.75, 3.05) is 0 Å². The second-order valence-electron chi connectivity index (χ2n) is 6.46. The first-order chi connectivity index (χ1) is 13.0. The van der Waals surface area contributed by atoms with E-state index in [9.17, 15) is 4.79 Å². The number of benzene rings is 1. The average Bonchev–Trinajstić information content (AvgIpc) is 3.25. The lowest BCUT2D eigenvalue weighted by Gasteiger charge is -2.20. The van der Waals surface area contributed by atoms with Gasteiger partial charge in [-0.15, -0.1) is 0 Å². The normalized spacial score (nSPS) is 18.0. The Labute approximate surface area is 161 Å². The number of amides is 1. The lowest BCUT2D eigenvalue weighted by Crippen LogP contribution is -2.35. The summed E-state index contributed by atoms with van der Waals surface area (Å²) >= 11 is 1.35. The largest absolute Gasteiger partial charge is 0.317 e. The van der Waals surface area contributed by atoms with Gasteiger partial charge in [0.1, 0.15) is 5.04 Å². The number of carbonyl (C=O) groups excluding carboxylic acids is 1. The van der Waals surface area contributed by atoms with E-state index in [1.165, 1.54) is 22.3 Å². The summed E-state index contributed by atoms with van der Waals surface area (Å²) in [6.45, 7) is 6.11. The van der Waals surface area contributed by atoms with Gasteiger partial charge in [-0.3, -0.25) is 10.2 Å². The smallest absolute Gasteiger partial charge is 0.283 e. The van der Waals surface area contributed by atoms with Gasteiger partial charge in [0.25, 0.3) is 5.91 Å². The van der Waals surface area contributed by atoms with Crippen LogP contribution < -0.4 is 0 Å². The van der Waals surface area contributed by atoms with Gasteiger partial charge < -0.3 is 4.57 Å². The number of aromatic nitrogens is 1. The van der Waals surface area contributed by atoms with Crippen LogP contribution >= 0.6 is 11.8 Å². The monoisotopic (exact) mass is 377 g/mol. The highest BCUT2D eigenvalue weighted by Crippen LogP contribution is 2.29. The van der Waals surface area contributed by atoms with Gasteiger partial charge in [0.15, 0.2) is 5.84 Å². The summed E-state index contributed by atoms with van der Waals surface area (Å²) in [6, 6.07) is 10.1. The second kappa shape index (κ2) is 6.66. The summed E-state index contributed by atoms with van der Waals surface area (Å²) in [5.74, 6) is -0.339. The highest BCUT2D eigenvalue weighted by molar-refractivity contribution is 8.26. The van der Waals surface area contributed by atoms with Crippen LogP contribution in [0, 0.1) is 19.3 Å². The molecule has 7 heteroatoms. The lowest BCUT2D eigenvalue weighted by atomic mass is 10.1. The highest BCUT2D eigenvalue weighted by Gasteiger charge is 2.35. The van der Waals surface area contributed by atoms with Gasteiger partial charge in [-0.05, 0) is 61.9 Å². The number of rotatable bonds is 3. The number of hydrogen-bond acceptors (Lipinski definition) is 4. The van der Waals surface area contributed by atoms with Crippen LogP contribution in [0.15, 0.2) is 52.2 Å². The predicted octanol–water partition coefficient (Wildman–Crippen LogP) is 4.12. The molecule has 4 rings (SSSR count). The third kappa shape index (κ3) is 3.04. The van der Waals surface area contributed by atoms with Crippen molar-refractivity contribution in [3.63, 3.8) is 0 Å². The maximum atomic E-state index is 12.5. The van der Waals surface area contributed by atoms with Gasteiger partial charge in [-0.2, -0.15) is 15.1 Å². The van der Waals surface area contributed by atoms with Crippen LogP contribution in [-0.2, 0) is 4.79 Å². The molecule has 1 amide bonds. The van der Waals surface area contributed by atoms with E-state index in [2.05, 4.69) is 42.1 Å². The first-order valence-electron chi connectivity index (χ1n) is 8.72. The van der Waals surface area contributed by atoms with Crippen LogP contribution in [-0.4, -0.2) is 31.5 Å². The van der Waals surface area contributed by atoms with Crippen molar-refractivity contribution in [3.8, 4) is 5.69 Å². The standard InChI is InChI=1S/C20H19N5OS/c1-4-17-23-25-18(21)15(19(26)22-20(25)27-17)11-14-6-5-9-24(14)16-8-7-12(2)10-13(16)3/h5-11,21H,4H2,1-3H3/b15-11+,21-18?. The van der Waals surface area contributed by atoms with Gasteiger partial charge in [-0.1, -0.05) is 24.6 Å². The zero-order valence-electron chi connectivity index (χ0n) is 15.4. The van der Waals surface area contributed by atoms with E-state index in [1.54, 1.807) is 6.08 Å². The average molecular weight is 377 g/mol.